The molecule has 0 fully saturated rings. The number of aliphatic carboxylic acids is 1. The van der Waals surface area contributed by atoms with Crippen molar-refractivity contribution in [3.63, 3.8) is 0 Å². The summed E-state index contributed by atoms with van der Waals surface area (Å²) in [7, 11) is 0. The van der Waals surface area contributed by atoms with Crippen LogP contribution in [0.1, 0.15) is 56.7 Å². The molecule has 3 aromatic carbocycles. The quantitative estimate of drug-likeness (QED) is 0.0518. The Morgan fingerprint density at radius 3 is 2.05 bits per heavy atom. The lowest BCUT2D eigenvalue weighted by Crippen LogP contribution is -2.46. The van der Waals surface area contributed by atoms with Crippen LogP contribution in [0.25, 0.3) is 21.9 Å². The molecule has 4 rings (SSSR count). The molecule has 0 saturated heterocycles. The Morgan fingerprint density at radius 2 is 1.41 bits per heavy atom. The number of aryl methyl sites for hydroxylation is 1. The number of hydrogen-bond acceptors (Lipinski definition) is 10. The fraction of sp³-hybridized carbons (Fsp3) is 0.442. The second-order valence-electron chi connectivity index (χ2n) is 13.3. The third-order valence-corrected chi connectivity index (χ3v) is 8.73. The van der Waals surface area contributed by atoms with Crippen LogP contribution in [0.2, 0.25) is 0 Å². The lowest BCUT2D eigenvalue weighted by Gasteiger charge is -2.21. The van der Waals surface area contributed by atoms with E-state index in [2.05, 4.69) is 27.9 Å². The zero-order valence-corrected chi connectivity index (χ0v) is 32.7. The largest absolute Gasteiger partial charge is 0.491 e. The first-order valence-electron chi connectivity index (χ1n) is 19.3. The topological polar surface area (TPSA) is 167 Å². The van der Waals surface area contributed by atoms with Crippen molar-refractivity contribution in [3.8, 4) is 16.9 Å². The predicted octanol–water partition coefficient (Wildman–Crippen LogP) is 6.09. The number of nitrogens with one attached hydrogen (secondary N) is 3. The summed E-state index contributed by atoms with van der Waals surface area (Å²) in [6.07, 6.45) is 3.17. The summed E-state index contributed by atoms with van der Waals surface area (Å²) in [5.41, 5.74) is 3.62. The van der Waals surface area contributed by atoms with Crippen molar-refractivity contribution in [3.05, 3.63) is 90.1 Å². The molecule has 0 unspecified atom stereocenters. The number of benzene rings is 3. The van der Waals surface area contributed by atoms with Gasteiger partial charge in [0.25, 0.3) is 0 Å². The Balaban J connectivity index is 1.24. The van der Waals surface area contributed by atoms with Gasteiger partial charge in [-0.2, -0.15) is 0 Å². The van der Waals surface area contributed by atoms with Crippen LogP contribution in [0.15, 0.2) is 79.0 Å². The highest BCUT2D eigenvalue weighted by Gasteiger charge is 2.23. The van der Waals surface area contributed by atoms with E-state index in [1.165, 1.54) is 0 Å². The number of anilines is 1. The molecule has 13 nitrogen and oxygen atoms in total. The molecule has 0 spiro atoms. The van der Waals surface area contributed by atoms with E-state index in [1.54, 1.807) is 13.1 Å². The van der Waals surface area contributed by atoms with E-state index in [0.29, 0.717) is 71.4 Å². The number of hydrogen-bond donors (Lipinski definition) is 4. The Labute approximate surface area is 329 Å². The maximum Gasteiger partial charge on any atom is 0.305 e. The van der Waals surface area contributed by atoms with Gasteiger partial charge in [0.15, 0.2) is 0 Å². The minimum Gasteiger partial charge on any atom is -0.491 e. The summed E-state index contributed by atoms with van der Waals surface area (Å²) >= 11 is 0. The van der Waals surface area contributed by atoms with Gasteiger partial charge in [0, 0.05) is 31.2 Å². The standard InChI is InChI=1S/C43H56N4O9/c1-4-20-52-21-22-53-23-24-54-25-26-55-27-28-56-39-16-15-35(36-8-5-6-9-37(36)39)33-11-13-34(14-12-33)38(30-42(49)50)47-43(51)32(3)46-41(48)10-7-18-44-40-29-31(2)17-19-45-40/h5-6,8-9,11-17,19,29,32,38H,4,7,10,18,20-28,30H2,1-3H3,(H,44,45)(H,46,48)(H,47,51)(H,49,50)/t32-,38-/m0/s1. The maximum atomic E-state index is 13.1. The van der Waals surface area contributed by atoms with Crippen molar-refractivity contribution in [2.24, 2.45) is 0 Å². The van der Waals surface area contributed by atoms with Gasteiger partial charge in [0.05, 0.1) is 58.7 Å². The average Bonchev–Trinajstić information content (AvgIpc) is 3.19. The fourth-order valence-corrected chi connectivity index (χ4v) is 5.86. The van der Waals surface area contributed by atoms with E-state index in [9.17, 15) is 19.5 Å². The summed E-state index contributed by atoms with van der Waals surface area (Å²) in [6, 6.07) is 21.5. The highest BCUT2D eigenvalue weighted by Crippen LogP contribution is 2.35. The molecule has 0 aliphatic carbocycles. The van der Waals surface area contributed by atoms with E-state index in [-0.39, 0.29) is 18.7 Å². The van der Waals surface area contributed by atoms with Crippen LogP contribution >= 0.6 is 0 Å². The molecule has 0 aliphatic heterocycles. The van der Waals surface area contributed by atoms with Crippen molar-refractivity contribution in [1.29, 1.82) is 0 Å². The minimum absolute atomic E-state index is 0.218. The van der Waals surface area contributed by atoms with Gasteiger partial charge in [0.1, 0.15) is 24.2 Å². The smallest absolute Gasteiger partial charge is 0.305 e. The van der Waals surface area contributed by atoms with E-state index < -0.39 is 24.0 Å². The number of amides is 2. The van der Waals surface area contributed by atoms with Crippen molar-refractivity contribution < 1.29 is 43.2 Å². The van der Waals surface area contributed by atoms with Gasteiger partial charge in [-0.3, -0.25) is 14.4 Å². The number of pyridine rings is 1. The number of nitrogens with zero attached hydrogens (tertiary/aromatic N) is 1. The molecular weight excluding hydrogens is 716 g/mol. The molecule has 1 heterocycles. The fourth-order valence-electron chi connectivity index (χ4n) is 5.86. The van der Waals surface area contributed by atoms with Gasteiger partial charge in [-0.25, -0.2) is 4.98 Å². The lowest BCUT2D eigenvalue weighted by atomic mass is 9.95. The Hall–Kier alpha value is -5.08. The Bertz CT molecular complexity index is 1800. The number of ether oxygens (including phenoxy) is 5. The van der Waals surface area contributed by atoms with Gasteiger partial charge < -0.3 is 44.7 Å². The number of carboxylic acids is 1. The molecule has 13 heteroatoms. The second-order valence-corrected chi connectivity index (χ2v) is 13.3. The van der Waals surface area contributed by atoms with Gasteiger partial charge in [-0.15, -0.1) is 0 Å². The molecule has 56 heavy (non-hydrogen) atoms. The number of rotatable bonds is 27. The summed E-state index contributed by atoms with van der Waals surface area (Å²) in [6.45, 7) is 10.8. The summed E-state index contributed by atoms with van der Waals surface area (Å²) in [5, 5.41) is 20.3. The zero-order valence-electron chi connectivity index (χ0n) is 32.7. The molecule has 1 aromatic heterocycles. The second kappa shape index (κ2) is 24.4. The van der Waals surface area contributed by atoms with Gasteiger partial charge in [-0.05, 0) is 72.5 Å². The van der Waals surface area contributed by atoms with E-state index in [0.717, 1.165) is 52.1 Å². The number of carbonyl (C=O) groups excluding carboxylic acids is 2. The number of carbonyl (C=O) groups is 3. The van der Waals surface area contributed by atoms with Gasteiger partial charge in [-0.1, -0.05) is 61.5 Å². The third kappa shape index (κ3) is 15.2. The Kier molecular flexibility index (Phi) is 19.0. The van der Waals surface area contributed by atoms with Gasteiger partial charge in [0.2, 0.25) is 11.8 Å². The van der Waals surface area contributed by atoms with Crippen LogP contribution in [-0.4, -0.2) is 99.9 Å². The molecule has 2 atom stereocenters. The van der Waals surface area contributed by atoms with Crippen molar-refractivity contribution in [2.75, 3.05) is 71.3 Å². The number of fused-ring (bicyclic) bond motifs is 1. The molecule has 0 aliphatic rings. The molecule has 2 amide bonds. The van der Waals surface area contributed by atoms with Crippen LogP contribution in [-0.2, 0) is 33.3 Å². The first-order chi connectivity index (χ1) is 27.2. The number of carboxylic acid groups (broad SMARTS) is 1. The zero-order chi connectivity index (χ0) is 40.0. The monoisotopic (exact) mass is 772 g/mol. The maximum absolute atomic E-state index is 13.1. The Morgan fingerprint density at radius 1 is 0.768 bits per heavy atom. The van der Waals surface area contributed by atoms with Crippen molar-refractivity contribution >= 4 is 34.4 Å². The molecule has 0 bridgehead atoms. The first kappa shape index (κ1) is 43.6. The lowest BCUT2D eigenvalue weighted by molar-refractivity contribution is -0.138. The van der Waals surface area contributed by atoms with E-state index >= 15 is 0 Å². The van der Waals surface area contributed by atoms with Crippen molar-refractivity contribution in [2.45, 2.75) is 58.5 Å². The van der Waals surface area contributed by atoms with Crippen LogP contribution in [0.3, 0.4) is 0 Å². The molecule has 0 radical (unpaired) electrons. The van der Waals surface area contributed by atoms with Crippen LogP contribution in [0.4, 0.5) is 5.82 Å². The molecule has 4 N–H and O–H groups in total. The van der Waals surface area contributed by atoms with E-state index in [4.69, 9.17) is 23.7 Å². The third-order valence-electron chi connectivity index (χ3n) is 8.73. The van der Waals surface area contributed by atoms with Crippen LogP contribution in [0, 0.1) is 6.92 Å². The summed E-state index contributed by atoms with van der Waals surface area (Å²) in [4.78, 5) is 41.7. The van der Waals surface area contributed by atoms with Crippen LogP contribution in [0.5, 0.6) is 5.75 Å². The van der Waals surface area contributed by atoms with E-state index in [1.807, 2.05) is 79.7 Å². The van der Waals surface area contributed by atoms with Crippen molar-refractivity contribution in [1.82, 2.24) is 15.6 Å². The predicted molar refractivity (Wildman–Crippen MR) is 216 cm³/mol. The highest BCUT2D eigenvalue weighted by atomic mass is 16.6. The summed E-state index contributed by atoms with van der Waals surface area (Å²) < 4.78 is 28.2. The number of aromatic nitrogens is 1. The molecule has 302 valence electrons. The first-order valence-corrected chi connectivity index (χ1v) is 19.3. The average molecular weight is 773 g/mol. The van der Waals surface area contributed by atoms with Gasteiger partial charge >= 0.3 is 5.97 Å². The molecule has 4 aromatic rings. The summed E-state index contributed by atoms with van der Waals surface area (Å²) in [5.74, 6) is -0.322. The molecule has 0 saturated carbocycles. The SMILES string of the molecule is CCCOCCOCCOCCOCCOc1ccc(-c2ccc([C@H](CC(=O)O)NC(=O)[C@H](C)NC(=O)CCCNc3cc(C)ccn3)cc2)c2ccccc12. The molecular formula is C43H56N4O9. The normalized spacial score (nSPS) is 12.2. The highest BCUT2D eigenvalue weighted by molar-refractivity contribution is 6.00. The minimum atomic E-state index is -1.06. The van der Waals surface area contributed by atoms with Crippen LogP contribution < -0.4 is 20.7 Å².